The Labute approximate surface area is 184 Å². The number of carbonyl (C=O) groups is 1. The average Bonchev–Trinajstić information content (AvgIpc) is 3.38. The van der Waals surface area contributed by atoms with Gasteiger partial charge in [0.25, 0.3) is 0 Å². The SMILES string of the molecule is C[C@]12CC=C3[C@@H](CC[C@@]45CC(=O)CC[C@@]34O5)[C@@H]1CC[C@@]2(O)C#CCOC1CCCCO1. The highest BCUT2D eigenvalue weighted by Crippen LogP contribution is 2.72. The standard InChI is InChI=1S/C26H34O5/c1-23-11-8-21-19(7-13-25-17-18(27)6-14-26(21,25)31-25)20(23)9-12-24(23,28)10-4-16-30-22-5-2-3-15-29-22/h8,19-20,22,28H,2-3,5-7,9,11-17H2,1H3/t19-,20-,22?,23-,24-,25+,26+/m0/s1. The van der Waals surface area contributed by atoms with Crippen molar-refractivity contribution in [2.45, 2.75) is 101 Å². The van der Waals surface area contributed by atoms with E-state index in [9.17, 15) is 9.90 Å². The molecule has 2 aliphatic heterocycles. The van der Waals surface area contributed by atoms with Crippen LogP contribution in [-0.4, -0.2) is 47.2 Å². The van der Waals surface area contributed by atoms with Crippen molar-refractivity contribution in [1.82, 2.24) is 0 Å². The van der Waals surface area contributed by atoms with Crippen LogP contribution in [-0.2, 0) is 19.0 Å². The predicted molar refractivity (Wildman–Crippen MR) is 114 cm³/mol. The van der Waals surface area contributed by atoms with E-state index in [-0.39, 0.29) is 22.9 Å². The van der Waals surface area contributed by atoms with Crippen molar-refractivity contribution in [2.24, 2.45) is 17.3 Å². The molecule has 168 valence electrons. The summed E-state index contributed by atoms with van der Waals surface area (Å²) in [5, 5.41) is 11.6. The summed E-state index contributed by atoms with van der Waals surface area (Å²) in [5.74, 6) is 7.59. The quantitative estimate of drug-likeness (QED) is 0.414. The third kappa shape index (κ3) is 2.81. The largest absolute Gasteiger partial charge is 0.377 e. The summed E-state index contributed by atoms with van der Waals surface area (Å²) in [7, 11) is 0. The number of ketones is 1. The first kappa shape index (κ1) is 20.4. The van der Waals surface area contributed by atoms with E-state index in [1.807, 2.05) is 0 Å². The molecule has 6 aliphatic rings. The Hall–Kier alpha value is -1.19. The first-order valence-corrected chi connectivity index (χ1v) is 12.3. The maximum absolute atomic E-state index is 12.1. The lowest BCUT2D eigenvalue weighted by Crippen LogP contribution is -2.51. The second-order valence-electron chi connectivity index (χ2n) is 11.0. The van der Waals surface area contributed by atoms with Gasteiger partial charge in [0.2, 0.25) is 0 Å². The van der Waals surface area contributed by atoms with Crippen LogP contribution < -0.4 is 0 Å². The van der Waals surface area contributed by atoms with Crippen molar-refractivity contribution in [3.63, 3.8) is 0 Å². The summed E-state index contributed by atoms with van der Waals surface area (Å²) >= 11 is 0. The van der Waals surface area contributed by atoms with Crippen LogP contribution in [0.3, 0.4) is 0 Å². The fourth-order valence-electron chi connectivity index (χ4n) is 7.80. The molecule has 0 aromatic heterocycles. The summed E-state index contributed by atoms with van der Waals surface area (Å²) in [6, 6.07) is 0. The molecule has 31 heavy (non-hydrogen) atoms. The molecule has 0 bridgehead atoms. The number of hydrogen-bond donors (Lipinski definition) is 1. The van der Waals surface area contributed by atoms with Gasteiger partial charge in [0.15, 0.2) is 6.29 Å². The molecule has 0 aromatic rings. The van der Waals surface area contributed by atoms with Gasteiger partial charge in [0.1, 0.15) is 29.2 Å². The highest BCUT2D eigenvalue weighted by molar-refractivity contribution is 5.83. The number of ether oxygens (including phenoxy) is 3. The van der Waals surface area contributed by atoms with Gasteiger partial charge in [0.05, 0.1) is 0 Å². The molecule has 2 heterocycles. The molecule has 2 saturated heterocycles. The third-order valence-corrected chi connectivity index (χ3v) is 9.61. The van der Waals surface area contributed by atoms with Crippen LogP contribution in [0.1, 0.15) is 77.6 Å². The second-order valence-corrected chi connectivity index (χ2v) is 11.0. The van der Waals surface area contributed by atoms with Gasteiger partial charge >= 0.3 is 0 Å². The molecule has 0 spiro atoms. The molecule has 4 aliphatic carbocycles. The normalized spacial score (nSPS) is 50.2. The Kier molecular flexibility index (Phi) is 4.55. The predicted octanol–water partition coefficient (Wildman–Crippen LogP) is 3.68. The van der Waals surface area contributed by atoms with Gasteiger partial charge in [0, 0.05) is 24.9 Å². The fraction of sp³-hybridized carbons (Fsp3) is 0.808. The van der Waals surface area contributed by atoms with Crippen molar-refractivity contribution in [2.75, 3.05) is 13.2 Å². The molecule has 7 atom stereocenters. The topological polar surface area (TPSA) is 68.3 Å². The zero-order valence-electron chi connectivity index (χ0n) is 18.6. The lowest BCUT2D eigenvalue weighted by atomic mass is 9.53. The third-order valence-electron chi connectivity index (χ3n) is 9.61. The van der Waals surface area contributed by atoms with Gasteiger partial charge in [-0.05, 0) is 75.2 Å². The highest BCUT2D eigenvalue weighted by Gasteiger charge is 2.77. The summed E-state index contributed by atoms with van der Waals surface area (Å²) in [4.78, 5) is 12.1. The molecule has 6 rings (SSSR count). The lowest BCUT2D eigenvalue weighted by Gasteiger charge is -2.50. The zero-order valence-corrected chi connectivity index (χ0v) is 18.6. The van der Waals surface area contributed by atoms with E-state index in [2.05, 4.69) is 24.8 Å². The molecule has 5 nitrogen and oxygen atoms in total. The van der Waals surface area contributed by atoms with Gasteiger partial charge in [-0.2, -0.15) is 0 Å². The van der Waals surface area contributed by atoms with Crippen LogP contribution >= 0.6 is 0 Å². The molecule has 1 unspecified atom stereocenters. The molecule has 0 aromatic carbocycles. The average molecular weight is 427 g/mol. The van der Waals surface area contributed by atoms with Crippen LogP contribution in [0.2, 0.25) is 0 Å². The van der Waals surface area contributed by atoms with Crippen molar-refractivity contribution in [1.29, 1.82) is 0 Å². The Morgan fingerprint density at radius 3 is 2.97 bits per heavy atom. The van der Waals surface area contributed by atoms with Crippen LogP contribution in [0.5, 0.6) is 0 Å². The van der Waals surface area contributed by atoms with E-state index in [0.29, 0.717) is 37.1 Å². The molecule has 0 amide bonds. The van der Waals surface area contributed by atoms with Gasteiger partial charge in [-0.15, -0.1) is 0 Å². The summed E-state index contributed by atoms with van der Waals surface area (Å²) < 4.78 is 17.8. The van der Waals surface area contributed by atoms with Gasteiger partial charge < -0.3 is 19.3 Å². The number of allylic oxidation sites excluding steroid dienone is 1. The van der Waals surface area contributed by atoms with Crippen molar-refractivity contribution in [3.8, 4) is 11.8 Å². The number of epoxide rings is 1. The Bertz CT molecular complexity index is 878. The summed E-state index contributed by atoms with van der Waals surface area (Å²) in [5.41, 5.74) is -0.151. The molecule has 0 radical (unpaired) electrons. The number of aliphatic hydroxyl groups is 1. The monoisotopic (exact) mass is 426 g/mol. The smallest absolute Gasteiger partial charge is 0.158 e. The molecule has 1 N–H and O–H groups in total. The Balaban J connectivity index is 1.20. The maximum Gasteiger partial charge on any atom is 0.158 e. The molecular weight excluding hydrogens is 392 g/mol. The number of hydrogen-bond acceptors (Lipinski definition) is 5. The molecular formula is C26H34O5. The summed E-state index contributed by atoms with van der Waals surface area (Å²) in [6.45, 7) is 3.31. The van der Waals surface area contributed by atoms with E-state index < -0.39 is 5.60 Å². The van der Waals surface area contributed by atoms with Crippen LogP contribution in [0.4, 0.5) is 0 Å². The first-order valence-electron chi connectivity index (χ1n) is 12.3. The van der Waals surface area contributed by atoms with Crippen LogP contribution in [0, 0.1) is 29.1 Å². The lowest BCUT2D eigenvalue weighted by molar-refractivity contribution is -0.154. The van der Waals surface area contributed by atoms with Gasteiger partial charge in [-0.3, -0.25) is 4.79 Å². The fourth-order valence-corrected chi connectivity index (χ4v) is 7.80. The molecule has 5 heteroatoms. The minimum absolute atomic E-state index is 0.146. The van der Waals surface area contributed by atoms with E-state index in [0.717, 1.165) is 64.4 Å². The minimum Gasteiger partial charge on any atom is -0.377 e. The van der Waals surface area contributed by atoms with E-state index >= 15 is 0 Å². The van der Waals surface area contributed by atoms with E-state index in [1.165, 1.54) is 5.57 Å². The minimum atomic E-state index is -0.977. The van der Waals surface area contributed by atoms with Crippen molar-refractivity contribution < 1.29 is 24.1 Å². The Morgan fingerprint density at radius 1 is 1.23 bits per heavy atom. The van der Waals surface area contributed by atoms with Crippen LogP contribution in [0.25, 0.3) is 0 Å². The Morgan fingerprint density at radius 2 is 2.13 bits per heavy atom. The highest BCUT2D eigenvalue weighted by atomic mass is 16.7. The second kappa shape index (κ2) is 6.90. The van der Waals surface area contributed by atoms with E-state index in [1.54, 1.807) is 0 Å². The first-order chi connectivity index (χ1) is 14.9. The number of Topliss-reactive ketones (excluding diaryl/α,β-unsaturated/α-hetero) is 1. The van der Waals surface area contributed by atoms with Gasteiger partial charge in [-0.25, -0.2) is 0 Å². The van der Waals surface area contributed by atoms with E-state index in [4.69, 9.17) is 14.2 Å². The zero-order chi connectivity index (χ0) is 21.3. The van der Waals surface area contributed by atoms with Crippen molar-refractivity contribution in [3.05, 3.63) is 11.6 Å². The number of fused-ring (bicyclic) bond motifs is 3. The molecule has 5 fully saturated rings. The van der Waals surface area contributed by atoms with Gasteiger partial charge in [-0.1, -0.05) is 24.8 Å². The number of carbonyl (C=O) groups excluding carboxylic acids is 1. The maximum atomic E-state index is 12.1. The van der Waals surface area contributed by atoms with Crippen molar-refractivity contribution >= 4 is 5.78 Å². The van der Waals surface area contributed by atoms with Crippen LogP contribution in [0.15, 0.2) is 11.6 Å². The number of rotatable bonds is 2. The summed E-state index contributed by atoms with van der Waals surface area (Å²) in [6.07, 6.45) is 12.1. The molecule has 3 saturated carbocycles.